The number of aromatic amines is 1. The lowest BCUT2D eigenvalue weighted by Crippen LogP contribution is -2.42. The van der Waals surface area contributed by atoms with Crippen molar-refractivity contribution in [1.29, 1.82) is 0 Å². The summed E-state index contributed by atoms with van der Waals surface area (Å²) < 4.78 is 0. The molecule has 2 bridgehead atoms. The van der Waals surface area contributed by atoms with E-state index in [0.717, 1.165) is 27.5 Å². The molecule has 37 heavy (non-hydrogen) atoms. The standard InChI is InChI=1S/C28H25N3O4S2/c1-13-7-9-15(10-8-13)29-18(32)12-31-26(33)21-16-11-17(22(21)27(31)34)23-20(16)19(14-5-3-2-4-6-14)24-25(36-23)30-28(35)37-24/h2-10,16-17,19-23H,11-12H2,1H3,(H,29,32)(H,30,35)/t16?,17?,19-,20?,21?,22?,23?/m1/s1. The molecule has 2 aliphatic carbocycles. The van der Waals surface area contributed by atoms with Crippen LogP contribution in [0, 0.1) is 36.5 Å². The Morgan fingerprint density at radius 3 is 2.43 bits per heavy atom. The van der Waals surface area contributed by atoms with Crippen LogP contribution in [0.2, 0.25) is 0 Å². The van der Waals surface area contributed by atoms with Crippen molar-refractivity contribution in [2.45, 2.75) is 29.5 Å². The van der Waals surface area contributed by atoms with Gasteiger partial charge in [0.15, 0.2) is 0 Å². The normalized spacial score (nSPS) is 31.3. The van der Waals surface area contributed by atoms with Gasteiger partial charge in [-0.2, -0.15) is 0 Å². The predicted molar refractivity (Wildman–Crippen MR) is 141 cm³/mol. The minimum absolute atomic E-state index is 0.0177. The number of H-pyrrole nitrogens is 1. The van der Waals surface area contributed by atoms with Crippen molar-refractivity contribution in [1.82, 2.24) is 9.88 Å². The van der Waals surface area contributed by atoms with Crippen LogP contribution < -0.4 is 10.2 Å². The molecule has 7 rings (SSSR count). The molecule has 3 amide bonds. The van der Waals surface area contributed by atoms with E-state index < -0.39 is 5.92 Å². The fourth-order valence-electron chi connectivity index (χ4n) is 7.25. The summed E-state index contributed by atoms with van der Waals surface area (Å²) in [6.45, 7) is 1.71. The number of imide groups is 1. The zero-order valence-corrected chi connectivity index (χ0v) is 21.7. The number of thiazole rings is 1. The van der Waals surface area contributed by atoms with E-state index >= 15 is 0 Å². The average molecular weight is 532 g/mol. The van der Waals surface area contributed by atoms with Crippen LogP contribution in [0.4, 0.5) is 5.69 Å². The molecular formula is C28H25N3O4S2. The molecule has 2 aromatic carbocycles. The quantitative estimate of drug-likeness (QED) is 0.498. The Kier molecular flexibility index (Phi) is 5.23. The summed E-state index contributed by atoms with van der Waals surface area (Å²) >= 11 is 2.93. The Labute approximate surface area is 221 Å². The van der Waals surface area contributed by atoms with Gasteiger partial charge in [-0.1, -0.05) is 59.4 Å². The van der Waals surface area contributed by atoms with Crippen molar-refractivity contribution in [3.8, 4) is 0 Å². The van der Waals surface area contributed by atoms with Crippen LogP contribution in [0.3, 0.4) is 0 Å². The monoisotopic (exact) mass is 531 g/mol. The molecule has 3 aromatic rings. The number of carbonyl (C=O) groups is 3. The number of likely N-dealkylation sites (tertiary alicyclic amines) is 1. The zero-order valence-electron chi connectivity index (χ0n) is 20.0. The second-order valence-electron chi connectivity index (χ2n) is 10.5. The fraction of sp³-hybridized carbons (Fsp3) is 0.357. The minimum Gasteiger partial charge on any atom is -0.325 e. The van der Waals surface area contributed by atoms with E-state index in [9.17, 15) is 19.2 Å². The molecule has 2 saturated carbocycles. The largest absolute Gasteiger partial charge is 0.325 e. The molecule has 4 aliphatic rings. The van der Waals surface area contributed by atoms with Crippen LogP contribution >= 0.6 is 23.1 Å². The van der Waals surface area contributed by atoms with Crippen LogP contribution in [0.1, 0.15) is 28.3 Å². The van der Waals surface area contributed by atoms with Gasteiger partial charge in [-0.05, 0) is 48.8 Å². The summed E-state index contributed by atoms with van der Waals surface area (Å²) in [5.74, 6) is -1.31. The highest BCUT2D eigenvalue weighted by Crippen LogP contribution is 2.68. The van der Waals surface area contributed by atoms with Gasteiger partial charge in [-0.15, -0.1) is 11.8 Å². The molecule has 6 unspecified atom stereocenters. The van der Waals surface area contributed by atoms with Crippen molar-refractivity contribution < 1.29 is 14.4 Å². The first kappa shape index (κ1) is 23.0. The van der Waals surface area contributed by atoms with Crippen LogP contribution in [0.5, 0.6) is 0 Å². The Hall–Kier alpha value is -3.17. The van der Waals surface area contributed by atoms with Crippen molar-refractivity contribution >= 4 is 46.5 Å². The minimum atomic E-state index is -0.394. The molecule has 2 N–H and O–H groups in total. The molecule has 9 heteroatoms. The van der Waals surface area contributed by atoms with Gasteiger partial charge in [0.05, 0.1) is 16.9 Å². The topological polar surface area (TPSA) is 99.3 Å². The fourth-order valence-corrected chi connectivity index (χ4v) is 10.1. The molecule has 7 nitrogen and oxygen atoms in total. The number of carbonyl (C=O) groups excluding carboxylic acids is 3. The van der Waals surface area contributed by atoms with E-state index in [1.165, 1.54) is 16.2 Å². The van der Waals surface area contributed by atoms with Gasteiger partial charge < -0.3 is 10.3 Å². The first-order chi connectivity index (χ1) is 17.9. The maximum atomic E-state index is 13.7. The Morgan fingerprint density at radius 2 is 1.70 bits per heavy atom. The number of hydrogen-bond acceptors (Lipinski definition) is 6. The molecular weight excluding hydrogens is 506 g/mol. The highest BCUT2D eigenvalue weighted by Gasteiger charge is 2.69. The van der Waals surface area contributed by atoms with Crippen molar-refractivity contribution in [2.75, 3.05) is 11.9 Å². The smallest absolute Gasteiger partial charge is 0.305 e. The molecule has 188 valence electrons. The third kappa shape index (κ3) is 3.47. The molecule has 3 fully saturated rings. The number of fused-ring (bicyclic) bond motifs is 9. The van der Waals surface area contributed by atoms with Crippen molar-refractivity contribution in [3.05, 3.63) is 80.3 Å². The predicted octanol–water partition coefficient (Wildman–Crippen LogP) is 3.86. The van der Waals surface area contributed by atoms with Gasteiger partial charge in [0, 0.05) is 21.7 Å². The molecule has 2 aliphatic heterocycles. The number of hydrogen-bond donors (Lipinski definition) is 2. The molecule has 7 atom stereocenters. The Morgan fingerprint density at radius 1 is 1.00 bits per heavy atom. The third-order valence-electron chi connectivity index (χ3n) is 8.61. The number of thioether (sulfide) groups is 1. The van der Waals surface area contributed by atoms with Gasteiger partial charge in [0.2, 0.25) is 17.7 Å². The lowest BCUT2D eigenvalue weighted by atomic mass is 9.68. The van der Waals surface area contributed by atoms with Gasteiger partial charge in [0.25, 0.3) is 0 Å². The lowest BCUT2D eigenvalue weighted by Gasteiger charge is -2.43. The molecule has 3 heterocycles. The van der Waals surface area contributed by atoms with Crippen molar-refractivity contribution in [3.63, 3.8) is 0 Å². The first-order valence-electron chi connectivity index (χ1n) is 12.6. The molecule has 1 saturated heterocycles. The van der Waals surface area contributed by atoms with Gasteiger partial charge >= 0.3 is 4.87 Å². The summed E-state index contributed by atoms with van der Waals surface area (Å²) in [5.41, 5.74) is 2.87. The number of aromatic nitrogens is 1. The molecule has 1 aromatic heterocycles. The number of amides is 3. The number of nitrogens with zero attached hydrogens (tertiary/aromatic N) is 1. The maximum Gasteiger partial charge on any atom is 0.305 e. The second kappa shape index (κ2) is 8.43. The summed E-state index contributed by atoms with van der Waals surface area (Å²) in [6.07, 6.45) is 0.834. The van der Waals surface area contributed by atoms with E-state index in [0.29, 0.717) is 5.69 Å². The van der Waals surface area contributed by atoms with Crippen LogP contribution in [-0.2, 0) is 14.4 Å². The molecule has 0 spiro atoms. The summed E-state index contributed by atoms with van der Waals surface area (Å²) in [6, 6.07) is 17.6. The number of rotatable bonds is 4. The third-order valence-corrected chi connectivity index (χ3v) is 11.2. The lowest BCUT2D eigenvalue weighted by molar-refractivity contribution is -0.143. The summed E-state index contributed by atoms with van der Waals surface area (Å²) in [4.78, 5) is 57.5. The number of nitrogens with one attached hydrogen (secondary N) is 2. The van der Waals surface area contributed by atoms with E-state index in [1.807, 2.05) is 49.4 Å². The number of benzene rings is 2. The van der Waals surface area contributed by atoms with E-state index in [1.54, 1.807) is 11.8 Å². The highest BCUT2D eigenvalue weighted by atomic mass is 32.2. The average Bonchev–Trinajstić information content (AvgIpc) is 3.62. The van der Waals surface area contributed by atoms with Gasteiger partial charge in [-0.25, -0.2) is 0 Å². The summed E-state index contributed by atoms with van der Waals surface area (Å²) in [7, 11) is 0. The van der Waals surface area contributed by atoms with Crippen LogP contribution in [-0.4, -0.2) is 39.4 Å². The van der Waals surface area contributed by atoms with Crippen LogP contribution in [0.25, 0.3) is 0 Å². The van der Waals surface area contributed by atoms with Gasteiger partial charge in [0.1, 0.15) is 6.54 Å². The van der Waals surface area contributed by atoms with Crippen molar-refractivity contribution in [2.24, 2.45) is 29.6 Å². The maximum absolute atomic E-state index is 13.7. The van der Waals surface area contributed by atoms with E-state index in [4.69, 9.17) is 0 Å². The van der Waals surface area contributed by atoms with E-state index in [2.05, 4.69) is 22.4 Å². The first-order valence-corrected chi connectivity index (χ1v) is 14.3. The second-order valence-corrected chi connectivity index (χ2v) is 12.8. The highest BCUT2D eigenvalue weighted by molar-refractivity contribution is 8.00. The number of anilines is 1. The van der Waals surface area contributed by atoms with Gasteiger partial charge in [-0.3, -0.25) is 24.1 Å². The van der Waals surface area contributed by atoms with Crippen LogP contribution in [0.15, 0.2) is 64.4 Å². The summed E-state index contributed by atoms with van der Waals surface area (Å²) in [5, 5.41) is 3.86. The Balaban J connectivity index is 1.18. The zero-order chi connectivity index (χ0) is 25.4. The molecule has 0 radical (unpaired) electrons. The Bertz CT molecular complexity index is 1480. The van der Waals surface area contributed by atoms with E-state index in [-0.39, 0.29) is 64.0 Å². The number of aryl methyl sites for hydroxylation is 1. The SMILES string of the molecule is Cc1ccc(NC(=O)CN2C(=O)C3C4CC(C3C2=O)C2C4Sc3[nH]c(=O)sc3[C@@H]2c2ccccc2)cc1.